The molecule has 0 fully saturated rings. The van der Waals surface area contributed by atoms with Crippen molar-refractivity contribution in [1.82, 2.24) is 19.9 Å². The molecule has 0 aliphatic carbocycles. The van der Waals surface area contributed by atoms with E-state index in [-0.39, 0.29) is 12.4 Å². The Labute approximate surface area is 249 Å². The maximum absolute atomic E-state index is 13.9. The number of hydrogen-bond donors (Lipinski definition) is 3. The summed E-state index contributed by atoms with van der Waals surface area (Å²) in [5.74, 6) is 0.791. The largest absolute Gasteiger partial charge is 0.353 e. The van der Waals surface area contributed by atoms with Crippen LogP contribution in [0.5, 0.6) is 0 Å². The Morgan fingerprint density at radius 3 is 2.15 bits per heavy atom. The number of halogens is 5. The number of H-pyrrole nitrogens is 2. The zero-order chi connectivity index (χ0) is 27.8. The van der Waals surface area contributed by atoms with Gasteiger partial charge in [-0.25, -0.2) is 14.4 Å². The average Bonchev–Trinajstić information content (AvgIpc) is 3.52. The molecule has 6 aromatic rings. The second-order valence-corrected chi connectivity index (χ2v) is 10.8. The van der Waals surface area contributed by atoms with Crippen molar-refractivity contribution in [3.8, 4) is 0 Å². The first-order valence-corrected chi connectivity index (χ1v) is 13.9. The van der Waals surface area contributed by atoms with E-state index in [4.69, 9.17) is 46.4 Å². The second kappa shape index (κ2) is 11.2. The van der Waals surface area contributed by atoms with Gasteiger partial charge in [0.2, 0.25) is 5.95 Å². The zero-order valence-electron chi connectivity index (χ0n) is 20.7. The number of aromatic nitrogens is 4. The first-order valence-electron chi connectivity index (χ1n) is 12.3. The summed E-state index contributed by atoms with van der Waals surface area (Å²) in [4.78, 5) is 17.9. The van der Waals surface area contributed by atoms with Gasteiger partial charge < -0.3 is 20.2 Å². The molecule has 11 heteroatoms. The van der Waals surface area contributed by atoms with Gasteiger partial charge in [0.1, 0.15) is 11.6 Å². The van der Waals surface area contributed by atoms with Gasteiger partial charge in [-0.05, 0) is 48.5 Å². The van der Waals surface area contributed by atoms with E-state index in [0.29, 0.717) is 60.7 Å². The minimum atomic E-state index is -0.489. The summed E-state index contributed by atoms with van der Waals surface area (Å²) >= 11 is 27.1. The molecule has 0 spiro atoms. The van der Waals surface area contributed by atoms with Crippen molar-refractivity contribution in [3.05, 3.63) is 116 Å². The number of anilines is 2. The van der Waals surface area contributed by atoms with E-state index < -0.39 is 6.04 Å². The molecule has 3 N–H and O–H groups in total. The Hall–Kier alpha value is -3.49. The topological polar surface area (TPSA) is 72.6 Å². The number of fused-ring (bicyclic) bond motifs is 2. The molecule has 2 heterocycles. The molecule has 0 saturated carbocycles. The third kappa shape index (κ3) is 5.30. The third-order valence-corrected chi connectivity index (χ3v) is 7.87. The smallest absolute Gasteiger partial charge is 0.201 e. The van der Waals surface area contributed by atoms with Crippen molar-refractivity contribution in [2.45, 2.75) is 12.6 Å². The molecule has 6 rings (SSSR count). The molecule has 6 nitrogen and oxygen atoms in total. The number of rotatable bonds is 8. The van der Waals surface area contributed by atoms with E-state index in [1.54, 1.807) is 42.5 Å². The van der Waals surface area contributed by atoms with Gasteiger partial charge in [0.05, 0.1) is 50.4 Å². The van der Waals surface area contributed by atoms with E-state index in [1.165, 1.54) is 12.1 Å². The third-order valence-electron chi connectivity index (χ3n) is 6.60. The Kier molecular flexibility index (Phi) is 7.47. The van der Waals surface area contributed by atoms with Crippen LogP contribution in [0.25, 0.3) is 22.1 Å². The molecule has 202 valence electrons. The van der Waals surface area contributed by atoms with Crippen molar-refractivity contribution < 1.29 is 4.39 Å². The highest BCUT2D eigenvalue weighted by molar-refractivity contribution is 6.39. The normalized spacial score (nSPS) is 12.2. The molecule has 0 radical (unpaired) electrons. The number of para-hydroxylation sites is 3. The molecule has 2 aromatic heterocycles. The van der Waals surface area contributed by atoms with Gasteiger partial charge in [-0.1, -0.05) is 70.7 Å². The fourth-order valence-corrected chi connectivity index (χ4v) is 6.07. The Balaban J connectivity index is 1.47. The van der Waals surface area contributed by atoms with Crippen molar-refractivity contribution in [2.24, 2.45) is 0 Å². The summed E-state index contributed by atoms with van der Waals surface area (Å²) < 4.78 is 13.9. The van der Waals surface area contributed by atoms with Crippen LogP contribution in [-0.2, 0) is 6.54 Å². The van der Waals surface area contributed by atoms with Gasteiger partial charge in [-0.15, -0.1) is 0 Å². The minimum Gasteiger partial charge on any atom is -0.353 e. The lowest BCUT2D eigenvalue weighted by Gasteiger charge is -2.35. The van der Waals surface area contributed by atoms with Gasteiger partial charge in [0.25, 0.3) is 0 Å². The lowest BCUT2D eigenvalue weighted by Crippen LogP contribution is -2.34. The summed E-state index contributed by atoms with van der Waals surface area (Å²) in [5.41, 5.74) is 4.19. The average molecular weight is 614 g/mol. The number of benzene rings is 4. The number of hydrogen-bond acceptors (Lipinski definition) is 4. The molecule has 4 aromatic carbocycles. The van der Waals surface area contributed by atoms with E-state index in [2.05, 4.69) is 25.3 Å². The van der Waals surface area contributed by atoms with Crippen LogP contribution in [0.4, 0.5) is 16.0 Å². The summed E-state index contributed by atoms with van der Waals surface area (Å²) in [7, 11) is 0. The fraction of sp³-hybridized carbons (Fsp3) is 0.103. The Morgan fingerprint density at radius 2 is 1.43 bits per heavy atom. The van der Waals surface area contributed by atoms with E-state index >= 15 is 0 Å². The SMILES string of the molecule is Fc1ccc2[nH]c(CN(c3c(Cl)cccc3Cl)C(CNc3nc4ccccc4[nH]3)c3c(Cl)cccc3Cl)nc2c1. The number of nitrogens with one attached hydrogen (secondary N) is 3. The summed E-state index contributed by atoms with van der Waals surface area (Å²) in [6, 6.07) is 22.4. The summed E-state index contributed by atoms with van der Waals surface area (Å²) in [6.07, 6.45) is 0. The monoisotopic (exact) mass is 612 g/mol. The molecule has 0 bridgehead atoms. The number of nitrogens with zero attached hydrogens (tertiary/aromatic N) is 3. The second-order valence-electron chi connectivity index (χ2n) is 9.18. The van der Waals surface area contributed by atoms with Gasteiger partial charge in [0, 0.05) is 28.2 Å². The highest BCUT2D eigenvalue weighted by atomic mass is 35.5. The van der Waals surface area contributed by atoms with Crippen LogP contribution in [0, 0.1) is 5.82 Å². The molecule has 0 aliphatic rings. The van der Waals surface area contributed by atoms with Crippen molar-refractivity contribution >= 4 is 80.1 Å². The van der Waals surface area contributed by atoms with Gasteiger partial charge in [0.15, 0.2) is 0 Å². The highest BCUT2D eigenvalue weighted by Crippen LogP contribution is 2.42. The van der Waals surface area contributed by atoms with E-state index in [1.807, 2.05) is 29.2 Å². The lowest BCUT2D eigenvalue weighted by atomic mass is 10.0. The van der Waals surface area contributed by atoms with Crippen LogP contribution in [0.1, 0.15) is 17.4 Å². The van der Waals surface area contributed by atoms with Crippen LogP contribution in [0.2, 0.25) is 20.1 Å². The quantitative estimate of drug-likeness (QED) is 0.160. The van der Waals surface area contributed by atoms with E-state index in [9.17, 15) is 4.39 Å². The first kappa shape index (κ1) is 26.7. The van der Waals surface area contributed by atoms with Gasteiger partial charge in [-0.2, -0.15) is 0 Å². The lowest BCUT2D eigenvalue weighted by molar-refractivity contribution is 0.628. The number of aromatic amines is 2. The summed E-state index contributed by atoms with van der Waals surface area (Å²) in [6.45, 7) is 0.549. The predicted octanol–water partition coefficient (Wildman–Crippen LogP) is 9.05. The molecule has 1 atom stereocenters. The number of imidazole rings is 2. The molecule has 40 heavy (non-hydrogen) atoms. The summed E-state index contributed by atoms with van der Waals surface area (Å²) in [5, 5.41) is 5.23. The Bertz CT molecular complexity index is 1760. The molecular formula is C29H21Cl4FN6. The predicted molar refractivity (Wildman–Crippen MR) is 162 cm³/mol. The van der Waals surface area contributed by atoms with Crippen LogP contribution in [-0.4, -0.2) is 26.5 Å². The van der Waals surface area contributed by atoms with Crippen molar-refractivity contribution in [1.29, 1.82) is 0 Å². The highest BCUT2D eigenvalue weighted by Gasteiger charge is 2.29. The van der Waals surface area contributed by atoms with E-state index in [0.717, 1.165) is 11.0 Å². The van der Waals surface area contributed by atoms with Crippen molar-refractivity contribution in [2.75, 3.05) is 16.8 Å². The Morgan fingerprint density at radius 1 is 0.750 bits per heavy atom. The minimum absolute atomic E-state index is 0.230. The maximum Gasteiger partial charge on any atom is 0.201 e. The molecule has 0 saturated heterocycles. The van der Waals surface area contributed by atoms with Gasteiger partial charge in [-0.3, -0.25) is 0 Å². The molecule has 0 aliphatic heterocycles. The van der Waals surface area contributed by atoms with Crippen LogP contribution < -0.4 is 10.2 Å². The van der Waals surface area contributed by atoms with Crippen LogP contribution >= 0.6 is 46.4 Å². The zero-order valence-corrected chi connectivity index (χ0v) is 23.8. The van der Waals surface area contributed by atoms with Crippen LogP contribution in [0.15, 0.2) is 78.9 Å². The maximum atomic E-state index is 13.9. The van der Waals surface area contributed by atoms with Crippen LogP contribution in [0.3, 0.4) is 0 Å². The van der Waals surface area contributed by atoms with Crippen molar-refractivity contribution in [3.63, 3.8) is 0 Å². The first-order chi connectivity index (χ1) is 19.4. The molecule has 0 amide bonds. The molecular weight excluding hydrogens is 593 g/mol. The fourth-order valence-electron chi connectivity index (χ4n) is 4.80. The van der Waals surface area contributed by atoms with Gasteiger partial charge >= 0.3 is 0 Å². The molecule has 1 unspecified atom stereocenters. The standard InChI is InChI=1S/C29H21Cl4FN6/c30-17-5-3-6-18(31)27(17)25(14-35-29-38-21-9-1-2-10-22(21)39-29)40(28-19(32)7-4-8-20(28)33)15-26-36-23-12-11-16(34)13-24(23)37-26/h1-13,25H,14-15H2,(H,36,37)(H2,35,38,39).